The summed E-state index contributed by atoms with van der Waals surface area (Å²) in [5.74, 6) is 0.669. The van der Waals surface area contributed by atoms with Gasteiger partial charge in [0.25, 0.3) is 0 Å². The molecule has 0 saturated carbocycles. The number of anilines is 1. The topological polar surface area (TPSA) is 77.3 Å². The van der Waals surface area contributed by atoms with Crippen molar-refractivity contribution in [3.05, 3.63) is 52.3 Å². The molecule has 0 aliphatic heterocycles. The van der Waals surface area contributed by atoms with Crippen LogP contribution in [-0.4, -0.2) is 16.5 Å². The first kappa shape index (κ1) is 13.8. The number of rotatable bonds is 5. The van der Waals surface area contributed by atoms with Gasteiger partial charge in [0.05, 0.1) is 23.0 Å². The summed E-state index contributed by atoms with van der Waals surface area (Å²) in [6.45, 7) is 4.41. The molecule has 0 spiro atoms. The minimum atomic E-state index is -0.438. The second-order valence-electron chi connectivity index (χ2n) is 4.22. The number of hydrogen-bond donors (Lipinski definition) is 1. The van der Waals surface area contributed by atoms with Crippen LogP contribution in [0.3, 0.4) is 0 Å². The number of aryl methyl sites for hydroxylation is 1. The van der Waals surface area contributed by atoms with Gasteiger partial charge >= 0.3 is 5.69 Å². The number of nitro groups is 1. The van der Waals surface area contributed by atoms with Gasteiger partial charge in [-0.1, -0.05) is 12.1 Å². The van der Waals surface area contributed by atoms with E-state index in [0.29, 0.717) is 11.3 Å². The van der Waals surface area contributed by atoms with Gasteiger partial charge < -0.3 is 10.1 Å². The number of para-hydroxylation sites is 1. The molecular formula is C14H15N3O3. The van der Waals surface area contributed by atoms with Crippen LogP contribution in [0.5, 0.6) is 11.5 Å². The van der Waals surface area contributed by atoms with Crippen LogP contribution < -0.4 is 10.1 Å². The standard InChI is InChI=1S/C14H15N3O3/c1-3-16-11-7-12(9-15-8-11)20-13-6-4-5-10(2)14(13)17(18)19/h4-9,16H,3H2,1-2H3. The van der Waals surface area contributed by atoms with Gasteiger partial charge in [-0.3, -0.25) is 15.1 Å². The zero-order chi connectivity index (χ0) is 14.5. The fourth-order valence-corrected chi connectivity index (χ4v) is 1.85. The summed E-state index contributed by atoms with van der Waals surface area (Å²) in [7, 11) is 0. The maximum Gasteiger partial charge on any atom is 0.314 e. The third-order valence-electron chi connectivity index (χ3n) is 2.71. The average Bonchev–Trinajstić information content (AvgIpc) is 2.39. The molecule has 2 aromatic rings. The molecule has 0 unspecified atom stereocenters. The molecule has 104 valence electrons. The molecule has 6 heteroatoms. The lowest BCUT2D eigenvalue weighted by Gasteiger charge is -2.09. The Kier molecular flexibility index (Phi) is 4.14. The van der Waals surface area contributed by atoms with Crippen LogP contribution in [-0.2, 0) is 0 Å². The number of nitrogens with zero attached hydrogens (tertiary/aromatic N) is 2. The highest BCUT2D eigenvalue weighted by Gasteiger charge is 2.18. The number of nitrogens with one attached hydrogen (secondary N) is 1. The van der Waals surface area contributed by atoms with Gasteiger partial charge in [0.2, 0.25) is 5.75 Å². The van der Waals surface area contributed by atoms with Crippen molar-refractivity contribution in [2.75, 3.05) is 11.9 Å². The molecule has 1 heterocycles. The van der Waals surface area contributed by atoms with Crippen molar-refractivity contribution < 1.29 is 9.66 Å². The zero-order valence-electron chi connectivity index (χ0n) is 11.3. The van der Waals surface area contributed by atoms with Crippen molar-refractivity contribution in [2.24, 2.45) is 0 Å². The molecule has 0 atom stereocenters. The first-order valence-electron chi connectivity index (χ1n) is 6.22. The molecule has 2 rings (SSSR count). The van der Waals surface area contributed by atoms with Crippen molar-refractivity contribution in [1.82, 2.24) is 4.98 Å². The Morgan fingerprint density at radius 3 is 2.90 bits per heavy atom. The first-order chi connectivity index (χ1) is 9.61. The zero-order valence-corrected chi connectivity index (χ0v) is 11.3. The molecular weight excluding hydrogens is 258 g/mol. The predicted molar refractivity (Wildman–Crippen MR) is 76.3 cm³/mol. The predicted octanol–water partition coefficient (Wildman–Crippen LogP) is 3.52. The Bertz CT molecular complexity index is 629. The molecule has 1 aromatic heterocycles. The fourth-order valence-electron chi connectivity index (χ4n) is 1.85. The fraction of sp³-hybridized carbons (Fsp3) is 0.214. The summed E-state index contributed by atoms with van der Waals surface area (Å²) >= 11 is 0. The van der Waals surface area contributed by atoms with E-state index in [1.807, 2.05) is 6.92 Å². The van der Waals surface area contributed by atoms with E-state index >= 15 is 0 Å². The van der Waals surface area contributed by atoms with Crippen molar-refractivity contribution in [2.45, 2.75) is 13.8 Å². The maximum absolute atomic E-state index is 11.1. The highest BCUT2D eigenvalue weighted by Crippen LogP contribution is 2.34. The third-order valence-corrected chi connectivity index (χ3v) is 2.71. The number of aromatic nitrogens is 1. The minimum Gasteiger partial charge on any atom is -0.448 e. The molecule has 0 radical (unpaired) electrons. The normalized spacial score (nSPS) is 10.1. The SMILES string of the molecule is CCNc1cncc(Oc2cccc(C)c2[N+](=O)[O-])c1. The van der Waals surface area contributed by atoms with E-state index in [1.54, 1.807) is 37.4 Å². The van der Waals surface area contributed by atoms with E-state index in [-0.39, 0.29) is 11.4 Å². The lowest BCUT2D eigenvalue weighted by Crippen LogP contribution is -1.99. The quantitative estimate of drug-likeness (QED) is 0.666. The second-order valence-corrected chi connectivity index (χ2v) is 4.22. The number of ether oxygens (including phenoxy) is 1. The highest BCUT2D eigenvalue weighted by molar-refractivity contribution is 5.54. The van der Waals surface area contributed by atoms with Gasteiger partial charge in [0, 0.05) is 18.2 Å². The molecule has 1 aromatic carbocycles. The summed E-state index contributed by atoms with van der Waals surface area (Å²) in [4.78, 5) is 14.7. The Balaban J connectivity index is 2.32. The van der Waals surface area contributed by atoms with Gasteiger partial charge in [-0.05, 0) is 19.9 Å². The molecule has 0 bridgehead atoms. The van der Waals surface area contributed by atoms with Crippen LogP contribution in [0.4, 0.5) is 11.4 Å². The Morgan fingerprint density at radius 2 is 2.20 bits per heavy atom. The number of hydrogen-bond acceptors (Lipinski definition) is 5. The van der Waals surface area contributed by atoms with Crippen LogP contribution in [0.1, 0.15) is 12.5 Å². The largest absolute Gasteiger partial charge is 0.448 e. The molecule has 0 saturated heterocycles. The molecule has 0 aliphatic rings. The lowest BCUT2D eigenvalue weighted by atomic mass is 10.2. The third kappa shape index (κ3) is 3.03. The van der Waals surface area contributed by atoms with Crippen molar-refractivity contribution in [3.8, 4) is 11.5 Å². The monoisotopic (exact) mass is 273 g/mol. The van der Waals surface area contributed by atoms with Crippen molar-refractivity contribution in [1.29, 1.82) is 0 Å². The van der Waals surface area contributed by atoms with Crippen LogP contribution in [0.2, 0.25) is 0 Å². The van der Waals surface area contributed by atoms with Gasteiger partial charge in [-0.15, -0.1) is 0 Å². The molecule has 20 heavy (non-hydrogen) atoms. The van der Waals surface area contributed by atoms with Crippen LogP contribution in [0, 0.1) is 17.0 Å². The van der Waals surface area contributed by atoms with Crippen LogP contribution in [0.25, 0.3) is 0 Å². The molecule has 0 fully saturated rings. The smallest absolute Gasteiger partial charge is 0.314 e. The second kappa shape index (κ2) is 6.01. The van der Waals surface area contributed by atoms with Gasteiger partial charge in [0.15, 0.2) is 0 Å². The maximum atomic E-state index is 11.1. The lowest BCUT2D eigenvalue weighted by molar-refractivity contribution is -0.386. The Labute approximate surface area is 116 Å². The molecule has 6 nitrogen and oxygen atoms in total. The van der Waals surface area contributed by atoms with E-state index in [0.717, 1.165) is 12.2 Å². The van der Waals surface area contributed by atoms with E-state index in [4.69, 9.17) is 4.74 Å². The number of pyridine rings is 1. The van der Waals surface area contributed by atoms with Gasteiger partial charge in [-0.25, -0.2) is 0 Å². The number of benzene rings is 1. The Morgan fingerprint density at radius 1 is 1.40 bits per heavy atom. The van der Waals surface area contributed by atoms with E-state index in [1.165, 1.54) is 6.20 Å². The summed E-state index contributed by atoms with van der Waals surface area (Å²) in [5, 5.41) is 14.2. The minimum absolute atomic E-state index is 0.0265. The summed E-state index contributed by atoms with van der Waals surface area (Å²) in [6, 6.07) is 6.73. The van der Waals surface area contributed by atoms with Gasteiger partial charge in [-0.2, -0.15) is 0 Å². The molecule has 0 amide bonds. The first-order valence-corrected chi connectivity index (χ1v) is 6.22. The van der Waals surface area contributed by atoms with E-state index < -0.39 is 4.92 Å². The van der Waals surface area contributed by atoms with Crippen LogP contribution >= 0.6 is 0 Å². The number of nitro benzene ring substituents is 1. The highest BCUT2D eigenvalue weighted by atomic mass is 16.6. The van der Waals surface area contributed by atoms with E-state index in [2.05, 4.69) is 10.3 Å². The molecule has 0 aliphatic carbocycles. The van der Waals surface area contributed by atoms with E-state index in [9.17, 15) is 10.1 Å². The van der Waals surface area contributed by atoms with Gasteiger partial charge in [0.1, 0.15) is 5.75 Å². The summed E-state index contributed by atoms with van der Waals surface area (Å²) < 4.78 is 5.59. The van der Waals surface area contributed by atoms with Crippen molar-refractivity contribution in [3.63, 3.8) is 0 Å². The average molecular weight is 273 g/mol. The summed E-state index contributed by atoms with van der Waals surface area (Å²) in [5.41, 5.74) is 1.34. The van der Waals surface area contributed by atoms with Crippen LogP contribution in [0.15, 0.2) is 36.7 Å². The molecule has 1 N–H and O–H groups in total. The summed E-state index contributed by atoms with van der Waals surface area (Å²) in [6.07, 6.45) is 3.19. The van der Waals surface area contributed by atoms with Crippen molar-refractivity contribution >= 4 is 11.4 Å². The Hall–Kier alpha value is -2.63.